The van der Waals surface area contributed by atoms with E-state index in [9.17, 15) is 8.42 Å². The number of sulfonamides is 1. The fraction of sp³-hybridized carbons (Fsp3) is 0.200. The van der Waals surface area contributed by atoms with Gasteiger partial charge in [0, 0.05) is 16.6 Å². The molecule has 0 radical (unpaired) electrons. The van der Waals surface area contributed by atoms with Crippen LogP contribution in [0, 0.1) is 12.8 Å². The van der Waals surface area contributed by atoms with Crippen LogP contribution in [0.4, 0.5) is 11.4 Å². The summed E-state index contributed by atoms with van der Waals surface area (Å²) in [6, 6.07) is 18.7. The molecule has 0 spiro atoms. The number of halogens is 2. The number of hydrogen-bond acceptors (Lipinski definition) is 3. The van der Waals surface area contributed by atoms with Crippen LogP contribution < -0.4 is 10.0 Å². The monoisotopic (exact) mass is 484 g/mol. The van der Waals surface area contributed by atoms with Crippen molar-refractivity contribution in [2.75, 3.05) is 10.0 Å². The lowest BCUT2D eigenvalue weighted by Gasteiger charge is -2.37. The lowest BCUT2D eigenvalue weighted by atomic mass is 9.77. The average Bonchev–Trinajstić information content (AvgIpc) is 3.25. The number of aryl methyl sites for hydroxylation is 1. The van der Waals surface area contributed by atoms with Crippen molar-refractivity contribution >= 4 is 44.6 Å². The van der Waals surface area contributed by atoms with E-state index < -0.39 is 10.0 Å². The summed E-state index contributed by atoms with van der Waals surface area (Å²) in [7, 11) is -3.83. The normalized spacial score (nSPS) is 21.5. The third-order valence-corrected chi connectivity index (χ3v) is 8.15. The number of nitrogens with one attached hydrogen (secondary N) is 2. The van der Waals surface area contributed by atoms with Gasteiger partial charge in [-0.15, -0.1) is 0 Å². The van der Waals surface area contributed by atoms with E-state index in [1.807, 2.05) is 6.07 Å². The molecule has 1 heterocycles. The highest BCUT2D eigenvalue weighted by Gasteiger charge is 2.38. The Morgan fingerprint density at radius 2 is 1.88 bits per heavy atom. The van der Waals surface area contributed by atoms with E-state index in [2.05, 4.69) is 53.4 Å². The standard InChI is InChI=1S/C25H22Cl2N2O2S/c1-15-4-2-5-16(12-15)25-20-7-3-6-19(20)21-14-18(9-11-23(21)28-25)32(30,31)29-24-13-17(26)8-10-22(24)27/h2-6,8-14,19-20,25,28-29H,7H2,1H3. The summed E-state index contributed by atoms with van der Waals surface area (Å²) in [6.07, 6.45) is 5.34. The molecule has 4 nitrogen and oxygen atoms in total. The Morgan fingerprint density at radius 3 is 2.69 bits per heavy atom. The van der Waals surface area contributed by atoms with E-state index in [1.165, 1.54) is 17.2 Å². The maximum absolute atomic E-state index is 13.1. The Bertz CT molecular complexity index is 1340. The van der Waals surface area contributed by atoms with Gasteiger partial charge in [0.05, 0.1) is 21.6 Å². The molecule has 3 aromatic rings. The highest BCUT2D eigenvalue weighted by molar-refractivity contribution is 7.92. The van der Waals surface area contributed by atoms with Crippen molar-refractivity contribution in [3.05, 3.63) is 99.6 Å². The second-order valence-electron chi connectivity index (χ2n) is 8.37. The van der Waals surface area contributed by atoms with E-state index in [-0.39, 0.29) is 27.6 Å². The number of anilines is 2. The maximum Gasteiger partial charge on any atom is 0.261 e. The SMILES string of the molecule is Cc1cccc(C2Nc3ccc(S(=O)(=O)Nc4cc(Cl)ccc4Cl)cc3C3C=CCC32)c1. The fourth-order valence-electron chi connectivity index (χ4n) is 4.71. The summed E-state index contributed by atoms with van der Waals surface area (Å²) in [5.41, 5.74) is 4.69. The number of benzene rings is 3. The van der Waals surface area contributed by atoms with Crippen LogP contribution in [0.1, 0.15) is 35.1 Å². The Labute approximate surface area is 198 Å². The summed E-state index contributed by atoms with van der Waals surface area (Å²) >= 11 is 12.2. The smallest absolute Gasteiger partial charge is 0.261 e. The molecular weight excluding hydrogens is 463 g/mol. The number of fused-ring (bicyclic) bond motifs is 3. The topological polar surface area (TPSA) is 58.2 Å². The zero-order valence-electron chi connectivity index (χ0n) is 17.3. The van der Waals surface area contributed by atoms with Crippen molar-refractivity contribution in [3.63, 3.8) is 0 Å². The van der Waals surface area contributed by atoms with Gasteiger partial charge in [-0.3, -0.25) is 4.72 Å². The molecule has 3 atom stereocenters. The van der Waals surface area contributed by atoms with Gasteiger partial charge >= 0.3 is 0 Å². The van der Waals surface area contributed by atoms with Gasteiger partial charge in [0.15, 0.2) is 0 Å². The molecule has 32 heavy (non-hydrogen) atoms. The predicted octanol–water partition coefficient (Wildman–Crippen LogP) is 6.93. The minimum absolute atomic E-state index is 0.154. The van der Waals surface area contributed by atoms with Gasteiger partial charge in [-0.1, -0.05) is 65.2 Å². The highest BCUT2D eigenvalue weighted by Crippen LogP contribution is 2.50. The van der Waals surface area contributed by atoms with E-state index in [0.29, 0.717) is 10.9 Å². The van der Waals surface area contributed by atoms with Gasteiger partial charge in [-0.05, 0) is 66.8 Å². The Hall–Kier alpha value is -2.47. The Morgan fingerprint density at radius 1 is 1.03 bits per heavy atom. The van der Waals surface area contributed by atoms with Gasteiger partial charge in [0.2, 0.25) is 0 Å². The fourth-order valence-corrected chi connectivity index (χ4v) is 6.21. The second-order valence-corrected chi connectivity index (χ2v) is 10.9. The third-order valence-electron chi connectivity index (χ3n) is 6.22. The van der Waals surface area contributed by atoms with Gasteiger partial charge in [0.1, 0.15) is 0 Å². The Balaban J connectivity index is 1.50. The average molecular weight is 485 g/mol. The van der Waals surface area contributed by atoms with Gasteiger partial charge in [-0.2, -0.15) is 0 Å². The minimum atomic E-state index is -3.83. The van der Waals surface area contributed by atoms with Crippen molar-refractivity contribution in [2.24, 2.45) is 5.92 Å². The molecule has 0 saturated carbocycles. The van der Waals surface area contributed by atoms with Gasteiger partial charge < -0.3 is 5.32 Å². The lowest BCUT2D eigenvalue weighted by molar-refractivity contribution is 0.425. The van der Waals surface area contributed by atoms with Crippen LogP contribution in [0.25, 0.3) is 0 Å². The summed E-state index contributed by atoms with van der Waals surface area (Å²) in [4.78, 5) is 0.196. The van der Waals surface area contributed by atoms with Crippen molar-refractivity contribution in [2.45, 2.75) is 30.2 Å². The molecule has 0 aromatic heterocycles. The van der Waals surface area contributed by atoms with Crippen LogP contribution in [0.5, 0.6) is 0 Å². The lowest BCUT2D eigenvalue weighted by Crippen LogP contribution is -2.29. The van der Waals surface area contributed by atoms with Gasteiger partial charge in [-0.25, -0.2) is 8.42 Å². The molecule has 3 unspecified atom stereocenters. The second kappa shape index (κ2) is 8.14. The number of hydrogen-bond donors (Lipinski definition) is 2. The molecule has 3 aromatic carbocycles. The maximum atomic E-state index is 13.1. The molecule has 0 bridgehead atoms. The summed E-state index contributed by atoms with van der Waals surface area (Å²) in [5.74, 6) is 0.485. The third kappa shape index (κ3) is 3.90. The molecule has 2 N–H and O–H groups in total. The van der Waals surface area contributed by atoms with Crippen molar-refractivity contribution < 1.29 is 8.42 Å². The molecule has 2 aliphatic rings. The van der Waals surface area contributed by atoms with E-state index >= 15 is 0 Å². The van der Waals surface area contributed by atoms with Crippen LogP contribution in [-0.2, 0) is 10.0 Å². The molecule has 164 valence electrons. The van der Waals surface area contributed by atoms with Crippen molar-refractivity contribution in [3.8, 4) is 0 Å². The molecule has 0 amide bonds. The highest BCUT2D eigenvalue weighted by atomic mass is 35.5. The largest absolute Gasteiger partial charge is 0.378 e. The van der Waals surface area contributed by atoms with Crippen molar-refractivity contribution in [1.29, 1.82) is 0 Å². The zero-order chi connectivity index (χ0) is 22.5. The van der Waals surface area contributed by atoms with Crippen LogP contribution in [0.2, 0.25) is 10.0 Å². The summed E-state index contributed by atoms with van der Waals surface area (Å²) in [6.45, 7) is 2.10. The first-order chi connectivity index (χ1) is 15.3. The van der Waals surface area contributed by atoms with Crippen LogP contribution in [0.15, 0.2) is 77.7 Å². The van der Waals surface area contributed by atoms with Gasteiger partial charge in [0.25, 0.3) is 10.0 Å². The molecule has 5 rings (SSSR count). The first-order valence-electron chi connectivity index (χ1n) is 10.4. The van der Waals surface area contributed by atoms with Crippen molar-refractivity contribution in [1.82, 2.24) is 0 Å². The van der Waals surface area contributed by atoms with Crippen LogP contribution >= 0.6 is 23.2 Å². The first kappa shape index (κ1) is 21.4. The zero-order valence-corrected chi connectivity index (χ0v) is 19.7. The quantitative estimate of drug-likeness (QED) is 0.394. The molecule has 0 fully saturated rings. The first-order valence-corrected chi connectivity index (χ1v) is 12.7. The minimum Gasteiger partial charge on any atom is -0.378 e. The molecular formula is C25H22Cl2N2O2S. The van der Waals surface area contributed by atoms with E-state index in [1.54, 1.807) is 24.3 Å². The summed E-state index contributed by atoms with van der Waals surface area (Å²) in [5, 5.41) is 4.36. The van der Waals surface area contributed by atoms with E-state index in [0.717, 1.165) is 17.7 Å². The van der Waals surface area contributed by atoms with E-state index in [4.69, 9.17) is 23.2 Å². The number of rotatable bonds is 4. The Kier molecular flexibility index (Phi) is 5.44. The summed E-state index contributed by atoms with van der Waals surface area (Å²) < 4.78 is 28.8. The predicted molar refractivity (Wildman–Crippen MR) is 131 cm³/mol. The molecule has 1 aliphatic heterocycles. The van der Waals surface area contributed by atoms with Crippen LogP contribution in [-0.4, -0.2) is 8.42 Å². The van der Waals surface area contributed by atoms with Crippen LogP contribution in [0.3, 0.4) is 0 Å². The number of allylic oxidation sites excluding steroid dienone is 2. The molecule has 7 heteroatoms. The molecule has 1 aliphatic carbocycles. The molecule has 0 saturated heterocycles.